The number of H-pyrrole nitrogens is 1. The first-order valence-corrected chi connectivity index (χ1v) is 19.8. The zero-order chi connectivity index (χ0) is 32.6. The van der Waals surface area contributed by atoms with Crippen LogP contribution >= 0.6 is 15.9 Å². The Morgan fingerprint density at radius 2 is 1.07 bits per heavy atom. The molecule has 0 atom stereocenters. The summed E-state index contributed by atoms with van der Waals surface area (Å²) in [7, 11) is 0. The number of aromatic nitrogens is 1. The fourth-order valence-corrected chi connectivity index (χ4v) is 8.11. The summed E-state index contributed by atoms with van der Waals surface area (Å²) in [5, 5.41) is 0. The Kier molecular flexibility index (Phi) is 17.0. The van der Waals surface area contributed by atoms with E-state index in [1.54, 1.807) is 22.3 Å². The molecule has 2 aromatic rings. The van der Waals surface area contributed by atoms with Crippen molar-refractivity contribution in [1.82, 2.24) is 4.98 Å². The van der Waals surface area contributed by atoms with E-state index in [2.05, 4.69) is 59.9 Å². The topological polar surface area (TPSA) is 28.1 Å². The SMILES string of the molecule is CC.CC.CC1=N/C(=C(/c2ccc(Br)cc2C)c2[nH]c(C)c3c2CCCCCCCCCC3)C2=C1CCCCCCCCCC2. The van der Waals surface area contributed by atoms with Gasteiger partial charge < -0.3 is 4.98 Å². The lowest BCUT2D eigenvalue weighted by molar-refractivity contribution is 0.560. The van der Waals surface area contributed by atoms with Crippen molar-refractivity contribution in [2.75, 3.05) is 0 Å². The number of hydrogen-bond acceptors (Lipinski definition) is 1. The summed E-state index contributed by atoms with van der Waals surface area (Å²) in [6.45, 7) is 14.9. The van der Waals surface area contributed by atoms with Gasteiger partial charge in [-0.25, -0.2) is 0 Å². The minimum Gasteiger partial charge on any atom is -0.358 e. The van der Waals surface area contributed by atoms with Gasteiger partial charge in [0.2, 0.25) is 0 Å². The average Bonchev–Trinajstić information content (AvgIpc) is 3.50. The fourth-order valence-electron chi connectivity index (χ4n) is 7.63. The monoisotopic (exact) mass is 676 g/mol. The van der Waals surface area contributed by atoms with Crippen molar-refractivity contribution in [2.45, 2.75) is 177 Å². The summed E-state index contributed by atoms with van der Waals surface area (Å²) < 4.78 is 1.15. The van der Waals surface area contributed by atoms with Crippen LogP contribution in [-0.4, -0.2) is 10.7 Å². The van der Waals surface area contributed by atoms with Gasteiger partial charge in [-0.15, -0.1) is 0 Å². The van der Waals surface area contributed by atoms with E-state index in [9.17, 15) is 0 Å². The van der Waals surface area contributed by atoms with E-state index in [4.69, 9.17) is 4.99 Å². The largest absolute Gasteiger partial charge is 0.358 e. The van der Waals surface area contributed by atoms with Crippen LogP contribution < -0.4 is 0 Å². The predicted octanol–water partition coefficient (Wildman–Crippen LogP) is 14.1. The smallest absolute Gasteiger partial charge is 0.0767 e. The molecule has 2 aliphatic carbocycles. The van der Waals surface area contributed by atoms with Gasteiger partial charge >= 0.3 is 0 Å². The predicted molar refractivity (Wildman–Crippen MR) is 204 cm³/mol. The molecule has 0 amide bonds. The number of rotatable bonds is 2. The summed E-state index contributed by atoms with van der Waals surface area (Å²) in [5.74, 6) is 0. The highest BCUT2D eigenvalue weighted by atomic mass is 79.9. The maximum Gasteiger partial charge on any atom is 0.0767 e. The van der Waals surface area contributed by atoms with Crippen molar-refractivity contribution in [2.24, 2.45) is 4.99 Å². The molecule has 1 aromatic heterocycles. The second kappa shape index (κ2) is 20.4. The van der Waals surface area contributed by atoms with Crippen molar-refractivity contribution >= 4 is 27.2 Å². The number of hydrogen-bond donors (Lipinski definition) is 1. The molecule has 0 spiro atoms. The van der Waals surface area contributed by atoms with Crippen LogP contribution in [0.2, 0.25) is 0 Å². The lowest BCUT2D eigenvalue weighted by Crippen LogP contribution is -2.03. The van der Waals surface area contributed by atoms with Crippen LogP contribution in [0.1, 0.15) is 184 Å². The van der Waals surface area contributed by atoms with Gasteiger partial charge in [-0.2, -0.15) is 0 Å². The van der Waals surface area contributed by atoms with Crippen molar-refractivity contribution in [3.63, 3.8) is 0 Å². The van der Waals surface area contributed by atoms with E-state index >= 15 is 0 Å². The third-order valence-electron chi connectivity index (χ3n) is 9.95. The highest BCUT2D eigenvalue weighted by molar-refractivity contribution is 9.10. The molecule has 1 aromatic carbocycles. The van der Waals surface area contributed by atoms with E-state index in [1.807, 2.05) is 27.7 Å². The molecule has 0 saturated carbocycles. The Labute approximate surface area is 286 Å². The second-order valence-electron chi connectivity index (χ2n) is 13.1. The molecule has 3 aliphatic rings. The number of nitrogens with one attached hydrogen (secondary N) is 1. The van der Waals surface area contributed by atoms with Crippen LogP contribution in [0.3, 0.4) is 0 Å². The molecule has 0 unspecified atom stereocenters. The van der Waals surface area contributed by atoms with Crippen LogP contribution in [0, 0.1) is 13.8 Å². The van der Waals surface area contributed by atoms with Crippen molar-refractivity contribution < 1.29 is 0 Å². The summed E-state index contributed by atoms with van der Waals surface area (Å²) in [6.07, 6.45) is 26.5. The molecule has 0 bridgehead atoms. The zero-order valence-corrected chi connectivity index (χ0v) is 31.8. The van der Waals surface area contributed by atoms with Gasteiger partial charge in [-0.1, -0.05) is 127 Å². The van der Waals surface area contributed by atoms with Crippen LogP contribution in [0.4, 0.5) is 0 Å². The Balaban J connectivity index is 0.00000133. The molecular formula is C42H65BrN2. The third kappa shape index (κ3) is 10.3. The van der Waals surface area contributed by atoms with Crippen molar-refractivity contribution in [1.29, 1.82) is 0 Å². The molecule has 0 fully saturated rings. The number of aryl methyl sites for hydroxylation is 2. The molecule has 5 rings (SSSR count). The van der Waals surface area contributed by atoms with Crippen LogP contribution in [0.25, 0.3) is 5.57 Å². The molecule has 45 heavy (non-hydrogen) atoms. The highest BCUT2D eigenvalue weighted by Gasteiger charge is 2.29. The van der Waals surface area contributed by atoms with Gasteiger partial charge in [0, 0.05) is 21.5 Å². The number of nitrogens with zero attached hydrogens (tertiary/aromatic N) is 1. The van der Waals surface area contributed by atoms with E-state index in [0.717, 1.165) is 10.9 Å². The van der Waals surface area contributed by atoms with E-state index < -0.39 is 0 Å². The molecule has 2 nitrogen and oxygen atoms in total. The minimum atomic E-state index is 1.15. The summed E-state index contributed by atoms with van der Waals surface area (Å²) in [4.78, 5) is 9.51. The summed E-state index contributed by atoms with van der Waals surface area (Å²) >= 11 is 3.75. The normalized spacial score (nSPS) is 19.9. The molecule has 1 aliphatic heterocycles. The first kappa shape index (κ1) is 37.6. The number of aliphatic imine (C=N–C) groups is 1. The number of halogens is 1. The quantitative estimate of drug-likeness (QED) is 0.328. The lowest BCUT2D eigenvalue weighted by Gasteiger charge is -2.19. The van der Waals surface area contributed by atoms with Gasteiger partial charge in [0.05, 0.1) is 11.4 Å². The van der Waals surface area contributed by atoms with E-state index in [-0.39, 0.29) is 0 Å². The molecule has 1 N–H and O–H groups in total. The summed E-state index contributed by atoms with van der Waals surface area (Å²) in [5.41, 5.74) is 15.6. The Morgan fingerprint density at radius 3 is 1.60 bits per heavy atom. The van der Waals surface area contributed by atoms with E-state index in [1.165, 1.54) is 161 Å². The van der Waals surface area contributed by atoms with Crippen LogP contribution in [0.15, 0.2) is 44.5 Å². The lowest BCUT2D eigenvalue weighted by atomic mass is 9.86. The van der Waals surface area contributed by atoms with Gasteiger partial charge in [0.1, 0.15) is 0 Å². The maximum absolute atomic E-state index is 5.49. The van der Waals surface area contributed by atoms with Gasteiger partial charge in [-0.3, -0.25) is 4.99 Å². The summed E-state index contributed by atoms with van der Waals surface area (Å²) in [6, 6.07) is 6.87. The number of aromatic amines is 1. The molecular weight excluding hydrogens is 612 g/mol. The van der Waals surface area contributed by atoms with Gasteiger partial charge in [0.15, 0.2) is 0 Å². The zero-order valence-electron chi connectivity index (χ0n) is 30.2. The van der Waals surface area contributed by atoms with Crippen LogP contribution in [0.5, 0.6) is 0 Å². The van der Waals surface area contributed by atoms with Crippen LogP contribution in [-0.2, 0) is 12.8 Å². The van der Waals surface area contributed by atoms with Crippen molar-refractivity contribution in [3.8, 4) is 0 Å². The fraction of sp³-hybridized carbons (Fsp3) is 0.643. The molecule has 2 heterocycles. The first-order valence-electron chi connectivity index (χ1n) is 19.0. The Bertz CT molecular complexity index is 1290. The number of allylic oxidation sites excluding steroid dienone is 2. The third-order valence-corrected chi connectivity index (χ3v) is 10.4. The number of fused-ring (bicyclic) bond motifs is 1. The van der Waals surface area contributed by atoms with Gasteiger partial charge in [0.25, 0.3) is 0 Å². The molecule has 0 saturated heterocycles. The van der Waals surface area contributed by atoms with Crippen molar-refractivity contribution in [3.05, 3.63) is 73.2 Å². The molecule has 0 radical (unpaired) electrons. The second-order valence-corrected chi connectivity index (χ2v) is 14.0. The first-order chi connectivity index (χ1) is 22.0. The number of benzene rings is 1. The maximum atomic E-state index is 5.49. The Morgan fingerprint density at radius 1 is 0.600 bits per heavy atom. The van der Waals surface area contributed by atoms with E-state index in [0.29, 0.717) is 0 Å². The molecule has 250 valence electrons. The highest BCUT2D eigenvalue weighted by Crippen LogP contribution is 2.43. The molecule has 3 heteroatoms. The van der Waals surface area contributed by atoms with Gasteiger partial charge in [-0.05, 0) is 118 Å². The standard InChI is InChI=1S/C38H53BrN2.2C2H6/c1-27-26-30(39)24-25-31(27)36(37-34-22-18-14-10-6-4-8-12-16-20-32(34)28(2)40-37)38-35-23-19-15-11-7-5-9-13-17-21-33(35)29(3)41-38;2*1-2/h24-26,40H,4-23H2,1-3H3;2*1-2H3/b38-36-;;. The Hall–Kier alpha value is -1.87. The average molecular weight is 678 g/mol. The minimum absolute atomic E-state index is 1.15.